The second-order valence-corrected chi connectivity index (χ2v) is 6.04. The van der Waals surface area contributed by atoms with Crippen LogP contribution in [0, 0.1) is 11.3 Å². The van der Waals surface area contributed by atoms with E-state index in [-0.39, 0.29) is 18.1 Å². The lowest BCUT2D eigenvalue weighted by molar-refractivity contribution is 0.000693. The van der Waals surface area contributed by atoms with Gasteiger partial charge in [0.1, 0.15) is 0 Å². The Morgan fingerprint density at radius 2 is 2.22 bits per heavy atom. The number of hydrogen-bond acceptors (Lipinski definition) is 5. The maximum Gasteiger partial charge on any atom is 0.260 e. The van der Waals surface area contributed by atoms with Crippen molar-refractivity contribution in [3.05, 3.63) is 12.5 Å². The van der Waals surface area contributed by atoms with E-state index in [1.807, 2.05) is 0 Å². The number of nitrogens with one attached hydrogen (secondary N) is 1. The summed E-state index contributed by atoms with van der Waals surface area (Å²) in [7, 11) is -2.06. The Morgan fingerprint density at radius 3 is 2.67 bits per heavy atom. The standard InChI is InChI=1S/C10H14N4O3S/c1-17-10(7-11)2-4-14(5-3-10)18(15,16)9-6-12-8-13-9/h6,8H,2-5H2,1H3,(H,12,13). The van der Waals surface area contributed by atoms with Crippen molar-refractivity contribution in [2.75, 3.05) is 20.2 Å². The number of sulfonamides is 1. The van der Waals surface area contributed by atoms with Crippen molar-refractivity contribution < 1.29 is 13.2 Å². The second kappa shape index (κ2) is 4.68. The number of methoxy groups -OCH3 is 1. The lowest BCUT2D eigenvalue weighted by Crippen LogP contribution is -2.46. The number of nitrogens with zero attached hydrogens (tertiary/aromatic N) is 3. The van der Waals surface area contributed by atoms with Gasteiger partial charge in [0.25, 0.3) is 10.0 Å². The first kappa shape index (κ1) is 13.0. The number of ether oxygens (including phenoxy) is 1. The molecule has 1 aliphatic rings. The maximum atomic E-state index is 12.2. The molecule has 98 valence electrons. The van der Waals surface area contributed by atoms with E-state index in [0.29, 0.717) is 12.8 Å². The molecule has 0 amide bonds. The molecule has 0 bridgehead atoms. The fraction of sp³-hybridized carbons (Fsp3) is 0.600. The Hall–Kier alpha value is -1.43. The minimum Gasteiger partial charge on any atom is -0.363 e. The van der Waals surface area contributed by atoms with E-state index in [9.17, 15) is 8.42 Å². The zero-order chi connectivity index (χ0) is 13.2. The highest BCUT2D eigenvalue weighted by molar-refractivity contribution is 7.89. The van der Waals surface area contributed by atoms with Crippen molar-refractivity contribution in [3.8, 4) is 6.07 Å². The number of imidazole rings is 1. The van der Waals surface area contributed by atoms with Crippen LogP contribution >= 0.6 is 0 Å². The molecule has 1 saturated heterocycles. The van der Waals surface area contributed by atoms with E-state index >= 15 is 0 Å². The first-order valence-corrected chi connectivity index (χ1v) is 6.93. The molecule has 18 heavy (non-hydrogen) atoms. The topological polar surface area (TPSA) is 99.1 Å². The van der Waals surface area contributed by atoms with Crippen molar-refractivity contribution in [1.82, 2.24) is 14.3 Å². The highest BCUT2D eigenvalue weighted by Crippen LogP contribution is 2.27. The lowest BCUT2D eigenvalue weighted by atomic mass is 9.94. The average Bonchev–Trinajstić information content (AvgIpc) is 2.93. The fourth-order valence-electron chi connectivity index (χ4n) is 1.97. The molecule has 0 saturated carbocycles. The Morgan fingerprint density at radius 1 is 1.56 bits per heavy atom. The minimum atomic E-state index is -3.54. The number of aromatic nitrogens is 2. The maximum absolute atomic E-state index is 12.2. The van der Waals surface area contributed by atoms with Gasteiger partial charge in [0, 0.05) is 33.0 Å². The van der Waals surface area contributed by atoms with Gasteiger partial charge >= 0.3 is 0 Å². The molecule has 0 spiro atoms. The zero-order valence-corrected chi connectivity index (χ0v) is 10.8. The van der Waals surface area contributed by atoms with Gasteiger partial charge in [0.15, 0.2) is 10.6 Å². The molecule has 1 aliphatic heterocycles. The van der Waals surface area contributed by atoms with E-state index in [1.165, 1.54) is 23.9 Å². The molecule has 0 atom stereocenters. The van der Waals surface area contributed by atoms with E-state index in [4.69, 9.17) is 10.00 Å². The zero-order valence-electron chi connectivity index (χ0n) is 9.96. The molecule has 0 aromatic carbocycles. The second-order valence-electron chi connectivity index (χ2n) is 4.13. The van der Waals surface area contributed by atoms with Gasteiger partial charge in [0.05, 0.1) is 18.6 Å². The van der Waals surface area contributed by atoms with Crippen LogP contribution in [-0.2, 0) is 14.8 Å². The molecule has 0 unspecified atom stereocenters. The minimum absolute atomic E-state index is 0.0735. The molecular formula is C10H14N4O3S. The Kier molecular flexibility index (Phi) is 3.38. The number of hydrogen-bond donors (Lipinski definition) is 1. The number of aromatic amines is 1. The third-order valence-electron chi connectivity index (χ3n) is 3.22. The lowest BCUT2D eigenvalue weighted by Gasteiger charge is -2.35. The molecule has 1 aromatic rings. The largest absolute Gasteiger partial charge is 0.363 e. The van der Waals surface area contributed by atoms with Crippen LogP contribution in [0.5, 0.6) is 0 Å². The summed E-state index contributed by atoms with van der Waals surface area (Å²) in [6, 6.07) is 2.11. The normalized spacial score (nSPS) is 20.4. The van der Waals surface area contributed by atoms with Gasteiger partial charge in [-0.05, 0) is 0 Å². The molecule has 0 radical (unpaired) electrons. The summed E-state index contributed by atoms with van der Waals surface area (Å²) >= 11 is 0. The van der Waals surface area contributed by atoms with Crippen molar-refractivity contribution in [2.45, 2.75) is 23.5 Å². The van der Waals surface area contributed by atoms with Crippen LogP contribution in [0.15, 0.2) is 17.6 Å². The van der Waals surface area contributed by atoms with Crippen LogP contribution in [0.1, 0.15) is 12.8 Å². The van der Waals surface area contributed by atoms with Gasteiger partial charge in [-0.25, -0.2) is 13.4 Å². The number of rotatable bonds is 3. The molecule has 7 nitrogen and oxygen atoms in total. The van der Waals surface area contributed by atoms with Gasteiger partial charge in [-0.1, -0.05) is 0 Å². The first-order valence-electron chi connectivity index (χ1n) is 5.49. The molecular weight excluding hydrogens is 256 g/mol. The van der Waals surface area contributed by atoms with Crippen LogP contribution in [0.2, 0.25) is 0 Å². The van der Waals surface area contributed by atoms with E-state index in [2.05, 4.69) is 16.0 Å². The van der Waals surface area contributed by atoms with E-state index < -0.39 is 15.6 Å². The summed E-state index contributed by atoms with van der Waals surface area (Å²) in [5.74, 6) is 0. The highest BCUT2D eigenvalue weighted by Gasteiger charge is 2.39. The quantitative estimate of drug-likeness (QED) is 0.840. The smallest absolute Gasteiger partial charge is 0.260 e. The molecule has 2 heterocycles. The van der Waals surface area contributed by atoms with Gasteiger partial charge < -0.3 is 9.72 Å². The monoisotopic (exact) mass is 270 g/mol. The predicted octanol–water partition coefficient (Wildman–Crippen LogP) is 0.103. The number of piperidine rings is 1. The highest BCUT2D eigenvalue weighted by atomic mass is 32.2. The SMILES string of the molecule is COC1(C#N)CCN(S(=O)(=O)c2cnc[nH]2)CC1. The number of nitriles is 1. The summed E-state index contributed by atoms with van der Waals surface area (Å²) in [6.07, 6.45) is 3.34. The Bertz CT molecular complexity index is 538. The van der Waals surface area contributed by atoms with Gasteiger partial charge in [-0.3, -0.25) is 0 Å². The number of H-pyrrole nitrogens is 1. The van der Waals surface area contributed by atoms with Gasteiger partial charge in [-0.2, -0.15) is 9.57 Å². The third-order valence-corrected chi connectivity index (χ3v) is 5.04. The fourth-order valence-corrected chi connectivity index (χ4v) is 3.31. The van der Waals surface area contributed by atoms with E-state index in [1.54, 1.807) is 0 Å². The van der Waals surface area contributed by atoms with Gasteiger partial charge in [0.2, 0.25) is 0 Å². The Balaban J connectivity index is 2.14. The van der Waals surface area contributed by atoms with Crippen LogP contribution < -0.4 is 0 Å². The van der Waals surface area contributed by atoms with E-state index in [0.717, 1.165) is 0 Å². The average molecular weight is 270 g/mol. The Labute approximate surface area is 105 Å². The molecule has 1 fully saturated rings. The molecule has 1 aromatic heterocycles. The third kappa shape index (κ3) is 2.12. The molecule has 1 N–H and O–H groups in total. The van der Waals surface area contributed by atoms with Crippen LogP contribution in [0.4, 0.5) is 0 Å². The summed E-state index contributed by atoms with van der Waals surface area (Å²) in [4.78, 5) is 6.29. The van der Waals surface area contributed by atoms with Crippen molar-refractivity contribution >= 4 is 10.0 Å². The summed E-state index contributed by atoms with van der Waals surface area (Å²) in [5, 5.41) is 9.13. The summed E-state index contributed by atoms with van der Waals surface area (Å²) in [5.41, 5.74) is -0.861. The van der Waals surface area contributed by atoms with Crippen LogP contribution in [0.25, 0.3) is 0 Å². The van der Waals surface area contributed by atoms with Crippen LogP contribution in [-0.4, -0.2) is 48.5 Å². The summed E-state index contributed by atoms with van der Waals surface area (Å²) in [6.45, 7) is 0.533. The first-order chi connectivity index (χ1) is 8.54. The van der Waals surface area contributed by atoms with Crippen LogP contribution in [0.3, 0.4) is 0 Å². The predicted molar refractivity (Wildman–Crippen MR) is 61.9 cm³/mol. The van der Waals surface area contributed by atoms with Crippen molar-refractivity contribution in [1.29, 1.82) is 5.26 Å². The molecule has 2 rings (SSSR count). The molecule has 8 heteroatoms. The molecule has 0 aliphatic carbocycles. The van der Waals surface area contributed by atoms with Crippen molar-refractivity contribution in [2.24, 2.45) is 0 Å². The summed E-state index contributed by atoms with van der Waals surface area (Å²) < 4.78 is 30.9. The van der Waals surface area contributed by atoms with Gasteiger partial charge in [-0.15, -0.1) is 0 Å². The van der Waals surface area contributed by atoms with Crippen molar-refractivity contribution in [3.63, 3.8) is 0 Å².